The van der Waals surface area contributed by atoms with Crippen LogP contribution < -0.4 is 5.32 Å². The van der Waals surface area contributed by atoms with Crippen molar-refractivity contribution in [2.24, 2.45) is 7.05 Å². The van der Waals surface area contributed by atoms with Crippen LogP contribution >= 0.6 is 23.2 Å². The second kappa shape index (κ2) is 6.44. The molecular weight excluding hydrogens is 283 g/mol. The third-order valence-corrected chi connectivity index (χ3v) is 3.44. The normalized spacial score (nSPS) is 12.6. The average molecular weight is 299 g/mol. The Morgan fingerprint density at radius 3 is 2.74 bits per heavy atom. The summed E-state index contributed by atoms with van der Waals surface area (Å²) >= 11 is 11.9. The van der Waals surface area contributed by atoms with E-state index in [0.717, 1.165) is 0 Å². The van der Waals surface area contributed by atoms with E-state index in [1.807, 2.05) is 30.1 Å². The summed E-state index contributed by atoms with van der Waals surface area (Å²) in [6, 6.07) is 7.15. The molecule has 1 heterocycles. The first kappa shape index (κ1) is 14.4. The Hall–Kier alpha value is -1.000. The Bertz CT molecular complexity index is 554. The van der Waals surface area contributed by atoms with Gasteiger partial charge in [-0.05, 0) is 23.8 Å². The van der Waals surface area contributed by atoms with Gasteiger partial charge in [0.1, 0.15) is 0 Å². The van der Waals surface area contributed by atoms with Crippen molar-refractivity contribution in [2.75, 3.05) is 6.54 Å². The number of rotatable bonds is 5. The SMILES string of the molecule is Cn1ccc(CNCC(O)c2ccc(Cl)cc2Cl)c1. The molecule has 19 heavy (non-hydrogen) atoms. The molecule has 102 valence electrons. The zero-order chi connectivity index (χ0) is 13.8. The molecule has 0 radical (unpaired) electrons. The van der Waals surface area contributed by atoms with Gasteiger partial charge in [-0.1, -0.05) is 29.3 Å². The highest BCUT2D eigenvalue weighted by atomic mass is 35.5. The Kier molecular flexibility index (Phi) is 4.88. The number of halogens is 2. The van der Waals surface area contributed by atoms with E-state index >= 15 is 0 Å². The zero-order valence-corrected chi connectivity index (χ0v) is 12.1. The van der Waals surface area contributed by atoms with Crippen LogP contribution in [0.1, 0.15) is 17.2 Å². The van der Waals surface area contributed by atoms with Crippen LogP contribution in [0.3, 0.4) is 0 Å². The maximum absolute atomic E-state index is 10.1. The third-order valence-electron chi connectivity index (χ3n) is 2.88. The Morgan fingerprint density at radius 1 is 1.32 bits per heavy atom. The average Bonchev–Trinajstić information content (AvgIpc) is 2.75. The first-order valence-electron chi connectivity index (χ1n) is 6.01. The molecule has 0 amide bonds. The van der Waals surface area contributed by atoms with Crippen molar-refractivity contribution in [3.05, 3.63) is 57.8 Å². The molecule has 0 aliphatic rings. The lowest BCUT2D eigenvalue weighted by molar-refractivity contribution is 0.174. The molecule has 0 aliphatic carbocycles. The topological polar surface area (TPSA) is 37.2 Å². The molecule has 2 rings (SSSR count). The second-order valence-electron chi connectivity index (χ2n) is 4.50. The second-order valence-corrected chi connectivity index (χ2v) is 5.34. The van der Waals surface area contributed by atoms with Gasteiger partial charge in [-0.25, -0.2) is 0 Å². The van der Waals surface area contributed by atoms with Gasteiger partial charge in [0, 0.05) is 48.1 Å². The molecule has 0 bridgehead atoms. The quantitative estimate of drug-likeness (QED) is 0.890. The minimum Gasteiger partial charge on any atom is -0.387 e. The number of aryl methyl sites for hydroxylation is 1. The number of nitrogens with one attached hydrogen (secondary N) is 1. The van der Waals surface area contributed by atoms with E-state index in [1.165, 1.54) is 5.56 Å². The molecule has 1 aromatic heterocycles. The molecule has 2 aromatic rings. The van der Waals surface area contributed by atoms with E-state index in [-0.39, 0.29) is 0 Å². The molecule has 0 saturated carbocycles. The number of aliphatic hydroxyl groups is 1. The van der Waals surface area contributed by atoms with Crippen molar-refractivity contribution in [3.63, 3.8) is 0 Å². The fourth-order valence-electron chi connectivity index (χ4n) is 1.90. The van der Waals surface area contributed by atoms with Crippen LogP contribution in [0.5, 0.6) is 0 Å². The fraction of sp³-hybridized carbons (Fsp3) is 0.286. The molecule has 0 saturated heterocycles. The molecule has 0 fully saturated rings. The van der Waals surface area contributed by atoms with Crippen LogP contribution in [0, 0.1) is 0 Å². The zero-order valence-electron chi connectivity index (χ0n) is 10.6. The van der Waals surface area contributed by atoms with E-state index < -0.39 is 6.10 Å². The smallest absolute Gasteiger partial charge is 0.0928 e. The Balaban J connectivity index is 1.88. The third kappa shape index (κ3) is 3.98. The molecule has 1 aromatic carbocycles. The van der Waals surface area contributed by atoms with Crippen LogP contribution in [0.4, 0.5) is 0 Å². The van der Waals surface area contributed by atoms with E-state index in [4.69, 9.17) is 23.2 Å². The lowest BCUT2D eigenvalue weighted by Gasteiger charge is -2.13. The summed E-state index contributed by atoms with van der Waals surface area (Å²) in [6.07, 6.45) is 3.38. The molecule has 1 unspecified atom stereocenters. The molecule has 5 heteroatoms. The minimum atomic E-state index is -0.645. The molecule has 0 aliphatic heterocycles. The van der Waals surface area contributed by atoms with E-state index in [9.17, 15) is 5.11 Å². The maximum atomic E-state index is 10.1. The standard InChI is InChI=1S/C14H16Cl2N2O/c1-18-5-4-10(9-18)7-17-8-14(19)12-3-2-11(15)6-13(12)16/h2-6,9,14,17,19H,7-8H2,1H3. The van der Waals surface area contributed by atoms with Gasteiger partial charge in [-0.15, -0.1) is 0 Å². The highest BCUT2D eigenvalue weighted by Crippen LogP contribution is 2.25. The Labute approximate surface area is 122 Å². The summed E-state index contributed by atoms with van der Waals surface area (Å²) in [7, 11) is 1.98. The molecular formula is C14H16Cl2N2O. The van der Waals surface area contributed by atoms with Gasteiger partial charge in [0.15, 0.2) is 0 Å². The molecule has 2 N–H and O–H groups in total. The van der Waals surface area contributed by atoms with Gasteiger partial charge < -0.3 is 15.0 Å². The van der Waals surface area contributed by atoms with Crippen LogP contribution in [0.15, 0.2) is 36.7 Å². The predicted octanol–water partition coefficient (Wildman–Crippen LogP) is 3.16. The summed E-state index contributed by atoms with van der Waals surface area (Å²) in [4.78, 5) is 0. The fourth-order valence-corrected chi connectivity index (χ4v) is 2.43. The predicted molar refractivity (Wildman–Crippen MR) is 78.5 cm³/mol. The lowest BCUT2D eigenvalue weighted by atomic mass is 10.1. The van der Waals surface area contributed by atoms with E-state index in [0.29, 0.717) is 28.7 Å². The summed E-state index contributed by atoms with van der Waals surface area (Å²) in [5.41, 5.74) is 1.86. The lowest BCUT2D eigenvalue weighted by Crippen LogP contribution is -2.21. The van der Waals surface area contributed by atoms with Crippen LogP contribution in [-0.4, -0.2) is 16.2 Å². The van der Waals surface area contributed by atoms with Gasteiger partial charge in [0.25, 0.3) is 0 Å². The number of hydrogen-bond acceptors (Lipinski definition) is 2. The summed E-state index contributed by atoms with van der Waals surface area (Å²) in [6.45, 7) is 1.15. The first-order valence-corrected chi connectivity index (χ1v) is 6.76. The molecule has 1 atom stereocenters. The summed E-state index contributed by atoms with van der Waals surface area (Å²) in [5, 5.41) is 14.3. The number of aliphatic hydroxyl groups excluding tert-OH is 1. The minimum absolute atomic E-state index is 0.441. The van der Waals surface area contributed by atoms with E-state index in [2.05, 4.69) is 5.32 Å². The van der Waals surface area contributed by atoms with Crippen LogP contribution in [0.25, 0.3) is 0 Å². The van der Waals surface area contributed by atoms with Gasteiger partial charge in [0.2, 0.25) is 0 Å². The number of benzene rings is 1. The molecule has 3 nitrogen and oxygen atoms in total. The van der Waals surface area contributed by atoms with Crippen LogP contribution in [0.2, 0.25) is 10.0 Å². The first-order chi connectivity index (χ1) is 9.06. The molecule has 0 spiro atoms. The highest BCUT2D eigenvalue weighted by Gasteiger charge is 2.11. The largest absolute Gasteiger partial charge is 0.387 e. The summed E-state index contributed by atoms with van der Waals surface area (Å²) < 4.78 is 1.99. The van der Waals surface area contributed by atoms with Gasteiger partial charge in [0.05, 0.1) is 6.10 Å². The van der Waals surface area contributed by atoms with Crippen molar-refractivity contribution in [3.8, 4) is 0 Å². The van der Waals surface area contributed by atoms with Gasteiger partial charge in [-0.3, -0.25) is 0 Å². The monoisotopic (exact) mass is 298 g/mol. The highest BCUT2D eigenvalue weighted by molar-refractivity contribution is 6.35. The van der Waals surface area contributed by atoms with Crippen molar-refractivity contribution in [1.82, 2.24) is 9.88 Å². The summed E-state index contributed by atoms with van der Waals surface area (Å²) in [5.74, 6) is 0. The Morgan fingerprint density at radius 2 is 2.11 bits per heavy atom. The van der Waals surface area contributed by atoms with E-state index in [1.54, 1.807) is 18.2 Å². The number of aromatic nitrogens is 1. The van der Waals surface area contributed by atoms with Gasteiger partial charge >= 0.3 is 0 Å². The van der Waals surface area contributed by atoms with Crippen molar-refractivity contribution >= 4 is 23.2 Å². The van der Waals surface area contributed by atoms with Gasteiger partial charge in [-0.2, -0.15) is 0 Å². The van der Waals surface area contributed by atoms with Crippen molar-refractivity contribution in [2.45, 2.75) is 12.6 Å². The van der Waals surface area contributed by atoms with Crippen molar-refractivity contribution < 1.29 is 5.11 Å². The van der Waals surface area contributed by atoms with Crippen molar-refractivity contribution in [1.29, 1.82) is 0 Å². The number of nitrogens with zero attached hydrogens (tertiary/aromatic N) is 1. The maximum Gasteiger partial charge on any atom is 0.0928 e. The van der Waals surface area contributed by atoms with Crippen LogP contribution in [-0.2, 0) is 13.6 Å². The number of hydrogen-bond donors (Lipinski definition) is 2.